The maximum Gasteiger partial charge on any atom is 0.237 e. The van der Waals surface area contributed by atoms with Crippen LogP contribution >= 0.6 is 11.8 Å². The highest BCUT2D eigenvalue weighted by molar-refractivity contribution is 8.00. The Kier molecular flexibility index (Phi) is 6.19. The van der Waals surface area contributed by atoms with Gasteiger partial charge in [0, 0.05) is 17.8 Å². The summed E-state index contributed by atoms with van der Waals surface area (Å²) in [5.41, 5.74) is 5.25. The molecule has 0 saturated heterocycles. The van der Waals surface area contributed by atoms with Gasteiger partial charge in [-0.3, -0.25) is 4.79 Å². The van der Waals surface area contributed by atoms with Crippen molar-refractivity contribution in [3.63, 3.8) is 0 Å². The molecule has 0 bridgehead atoms. The Hall–Kier alpha value is -2.60. The van der Waals surface area contributed by atoms with Crippen LogP contribution in [0.25, 0.3) is 11.4 Å². The molecular weight excluding hydrogens is 368 g/mol. The van der Waals surface area contributed by atoms with Crippen LogP contribution in [0.4, 0.5) is 5.69 Å². The molecule has 1 heterocycles. The van der Waals surface area contributed by atoms with Crippen LogP contribution in [0.2, 0.25) is 0 Å². The molecule has 1 amide bonds. The number of benzene rings is 2. The predicted molar refractivity (Wildman–Crippen MR) is 116 cm³/mol. The highest BCUT2D eigenvalue weighted by atomic mass is 32.2. The van der Waals surface area contributed by atoms with Crippen LogP contribution in [0.15, 0.2) is 47.6 Å². The molecule has 0 aliphatic heterocycles. The van der Waals surface area contributed by atoms with Gasteiger partial charge in [0.25, 0.3) is 0 Å². The third kappa shape index (κ3) is 4.28. The molecule has 0 aliphatic rings. The van der Waals surface area contributed by atoms with E-state index in [1.165, 1.54) is 11.8 Å². The summed E-state index contributed by atoms with van der Waals surface area (Å²) < 4.78 is 2.06. The number of aromatic nitrogens is 3. The molecular formula is C22H26N4OS. The van der Waals surface area contributed by atoms with Gasteiger partial charge in [0.15, 0.2) is 11.0 Å². The molecule has 1 N–H and O–H groups in total. The second-order valence-corrected chi connectivity index (χ2v) is 8.24. The van der Waals surface area contributed by atoms with Gasteiger partial charge in [0.05, 0.1) is 5.25 Å². The largest absolute Gasteiger partial charge is 0.325 e. The standard InChI is InChI=1S/C22H26N4OS/c1-6-26-20(18-10-8-7-9-15(18)3)24-25-22(26)28-17(5)21(27)23-19-13-14(2)11-12-16(19)4/h7-13,17H,6H2,1-5H3,(H,23,27)/t17-/m1/s1. The van der Waals surface area contributed by atoms with Crippen molar-refractivity contribution in [2.24, 2.45) is 0 Å². The minimum atomic E-state index is -0.292. The van der Waals surface area contributed by atoms with E-state index in [-0.39, 0.29) is 11.2 Å². The van der Waals surface area contributed by atoms with E-state index in [9.17, 15) is 4.79 Å². The summed E-state index contributed by atoms with van der Waals surface area (Å²) in [4.78, 5) is 12.7. The molecule has 0 fully saturated rings. The number of amides is 1. The monoisotopic (exact) mass is 394 g/mol. The molecule has 3 rings (SSSR count). The van der Waals surface area contributed by atoms with Gasteiger partial charge in [-0.2, -0.15) is 0 Å². The maximum atomic E-state index is 12.7. The van der Waals surface area contributed by atoms with E-state index in [0.717, 1.165) is 45.5 Å². The molecule has 0 unspecified atom stereocenters. The number of nitrogens with zero attached hydrogens (tertiary/aromatic N) is 3. The molecule has 2 aromatic carbocycles. The zero-order valence-corrected chi connectivity index (χ0v) is 17.8. The summed E-state index contributed by atoms with van der Waals surface area (Å²) in [6.07, 6.45) is 0. The number of nitrogens with one attached hydrogen (secondary N) is 1. The molecule has 1 aromatic heterocycles. The number of hydrogen-bond acceptors (Lipinski definition) is 4. The fourth-order valence-corrected chi connectivity index (χ4v) is 3.91. The topological polar surface area (TPSA) is 59.8 Å². The molecule has 146 valence electrons. The average Bonchev–Trinajstić information content (AvgIpc) is 3.07. The minimum absolute atomic E-state index is 0.0400. The number of aryl methyl sites for hydroxylation is 3. The van der Waals surface area contributed by atoms with Gasteiger partial charge in [-0.15, -0.1) is 10.2 Å². The third-order valence-corrected chi connectivity index (χ3v) is 5.80. The lowest BCUT2D eigenvalue weighted by atomic mass is 10.1. The lowest BCUT2D eigenvalue weighted by molar-refractivity contribution is -0.115. The summed E-state index contributed by atoms with van der Waals surface area (Å²) in [6, 6.07) is 14.2. The Morgan fingerprint density at radius 2 is 1.86 bits per heavy atom. The molecule has 0 saturated carbocycles. The van der Waals surface area contributed by atoms with Gasteiger partial charge in [-0.25, -0.2) is 0 Å². The molecule has 1 atom stereocenters. The van der Waals surface area contributed by atoms with E-state index in [1.807, 2.05) is 51.1 Å². The number of carbonyl (C=O) groups excluding carboxylic acids is 1. The van der Waals surface area contributed by atoms with E-state index in [1.54, 1.807) is 0 Å². The molecule has 6 heteroatoms. The van der Waals surface area contributed by atoms with E-state index in [4.69, 9.17) is 0 Å². The second kappa shape index (κ2) is 8.61. The van der Waals surface area contributed by atoms with Crippen molar-refractivity contribution in [1.29, 1.82) is 0 Å². The van der Waals surface area contributed by atoms with Crippen LogP contribution in [0.5, 0.6) is 0 Å². The predicted octanol–water partition coefficient (Wildman–Crippen LogP) is 5.01. The number of carbonyl (C=O) groups is 1. The van der Waals surface area contributed by atoms with Crippen molar-refractivity contribution < 1.29 is 4.79 Å². The summed E-state index contributed by atoms with van der Waals surface area (Å²) in [6.45, 7) is 10.8. The zero-order valence-electron chi connectivity index (χ0n) is 17.0. The summed E-state index contributed by atoms with van der Waals surface area (Å²) in [5, 5.41) is 12.3. The maximum absolute atomic E-state index is 12.7. The normalized spacial score (nSPS) is 12.0. The molecule has 5 nitrogen and oxygen atoms in total. The van der Waals surface area contributed by atoms with E-state index >= 15 is 0 Å². The van der Waals surface area contributed by atoms with Crippen LogP contribution in [0, 0.1) is 20.8 Å². The SMILES string of the molecule is CCn1c(S[C@H](C)C(=O)Nc2cc(C)ccc2C)nnc1-c1ccccc1C. The van der Waals surface area contributed by atoms with Gasteiger partial charge in [0.1, 0.15) is 0 Å². The molecule has 0 aliphatic carbocycles. The highest BCUT2D eigenvalue weighted by Crippen LogP contribution is 2.29. The van der Waals surface area contributed by atoms with Crippen molar-refractivity contribution in [3.05, 3.63) is 59.2 Å². The zero-order chi connectivity index (χ0) is 20.3. The minimum Gasteiger partial charge on any atom is -0.325 e. The van der Waals surface area contributed by atoms with Crippen LogP contribution in [-0.2, 0) is 11.3 Å². The molecule has 28 heavy (non-hydrogen) atoms. The number of hydrogen-bond donors (Lipinski definition) is 1. The number of rotatable bonds is 6. The van der Waals surface area contributed by atoms with Gasteiger partial charge in [-0.1, -0.05) is 48.2 Å². The van der Waals surface area contributed by atoms with Crippen LogP contribution < -0.4 is 5.32 Å². The van der Waals surface area contributed by atoms with Gasteiger partial charge >= 0.3 is 0 Å². The summed E-state index contributed by atoms with van der Waals surface area (Å²) >= 11 is 1.43. The second-order valence-electron chi connectivity index (χ2n) is 6.93. The van der Waals surface area contributed by atoms with Gasteiger partial charge < -0.3 is 9.88 Å². The average molecular weight is 395 g/mol. The Bertz CT molecular complexity index is 996. The van der Waals surface area contributed by atoms with Crippen molar-refractivity contribution in [1.82, 2.24) is 14.8 Å². The Morgan fingerprint density at radius 3 is 2.57 bits per heavy atom. The molecule has 3 aromatic rings. The van der Waals surface area contributed by atoms with Gasteiger partial charge in [0.2, 0.25) is 5.91 Å². The molecule has 0 radical (unpaired) electrons. The van der Waals surface area contributed by atoms with Crippen LogP contribution in [0.3, 0.4) is 0 Å². The smallest absolute Gasteiger partial charge is 0.237 e. The highest BCUT2D eigenvalue weighted by Gasteiger charge is 2.21. The lowest BCUT2D eigenvalue weighted by Crippen LogP contribution is -2.23. The first kappa shape index (κ1) is 20.1. The first-order chi connectivity index (χ1) is 13.4. The van der Waals surface area contributed by atoms with Crippen LogP contribution in [0.1, 0.15) is 30.5 Å². The Balaban J connectivity index is 1.79. The fraction of sp³-hybridized carbons (Fsp3) is 0.318. The van der Waals surface area contributed by atoms with E-state index in [2.05, 4.69) is 46.1 Å². The van der Waals surface area contributed by atoms with E-state index in [0.29, 0.717) is 0 Å². The fourth-order valence-electron chi connectivity index (χ4n) is 3.00. The third-order valence-electron chi connectivity index (χ3n) is 4.72. The van der Waals surface area contributed by atoms with Crippen molar-refractivity contribution in [2.75, 3.05) is 5.32 Å². The number of thioether (sulfide) groups is 1. The quantitative estimate of drug-likeness (QED) is 0.597. The van der Waals surface area contributed by atoms with Crippen molar-refractivity contribution >= 4 is 23.4 Å². The first-order valence-corrected chi connectivity index (χ1v) is 10.3. The Labute approximate surface area is 170 Å². The van der Waals surface area contributed by atoms with Crippen LogP contribution in [-0.4, -0.2) is 25.9 Å². The molecule has 0 spiro atoms. The van der Waals surface area contributed by atoms with Crippen molar-refractivity contribution in [2.45, 2.75) is 51.6 Å². The Morgan fingerprint density at radius 1 is 1.11 bits per heavy atom. The van der Waals surface area contributed by atoms with E-state index < -0.39 is 0 Å². The number of anilines is 1. The summed E-state index contributed by atoms with van der Waals surface area (Å²) in [7, 11) is 0. The van der Waals surface area contributed by atoms with Gasteiger partial charge in [-0.05, 0) is 57.4 Å². The summed E-state index contributed by atoms with van der Waals surface area (Å²) in [5.74, 6) is 0.798. The van der Waals surface area contributed by atoms with Crippen molar-refractivity contribution in [3.8, 4) is 11.4 Å². The lowest BCUT2D eigenvalue weighted by Gasteiger charge is -2.14. The first-order valence-electron chi connectivity index (χ1n) is 9.44.